The maximum atomic E-state index is 12.4. The summed E-state index contributed by atoms with van der Waals surface area (Å²) in [4.78, 5) is 12.4. The second kappa shape index (κ2) is 8.64. The summed E-state index contributed by atoms with van der Waals surface area (Å²) in [7, 11) is 0. The first-order valence-electron chi connectivity index (χ1n) is 8.83. The van der Waals surface area contributed by atoms with Crippen LogP contribution in [0.5, 0.6) is 11.5 Å². The van der Waals surface area contributed by atoms with Crippen molar-refractivity contribution in [1.29, 1.82) is 0 Å². The molecule has 0 radical (unpaired) electrons. The van der Waals surface area contributed by atoms with Crippen LogP contribution in [0.25, 0.3) is 0 Å². The van der Waals surface area contributed by atoms with Crippen LogP contribution in [0.4, 0.5) is 5.69 Å². The molecule has 2 N–H and O–H groups in total. The van der Waals surface area contributed by atoms with Crippen molar-refractivity contribution in [2.75, 3.05) is 5.32 Å². The molecular weight excluding hydrogens is 360 g/mol. The van der Waals surface area contributed by atoms with E-state index < -0.39 is 0 Å². The Morgan fingerprint density at radius 2 is 2.00 bits per heavy atom. The van der Waals surface area contributed by atoms with E-state index in [1.807, 2.05) is 55.5 Å². The molecular formula is C20H22N4O2S. The fourth-order valence-electron chi connectivity index (χ4n) is 2.69. The van der Waals surface area contributed by atoms with Crippen molar-refractivity contribution in [2.24, 2.45) is 0 Å². The number of carbonyl (C=O) groups excluding carboxylic acids is 1. The minimum atomic E-state index is -0.155. The van der Waals surface area contributed by atoms with Crippen LogP contribution in [0.2, 0.25) is 0 Å². The van der Waals surface area contributed by atoms with Crippen molar-refractivity contribution < 1.29 is 9.53 Å². The number of anilines is 1. The van der Waals surface area contributed by atoms with Crippen LogP contribution in [0.1, 0.15) is 24.7 Å². The number of aromatic nitrogens is 3. The molecule has 0 saturated carbocycles. The summed E-state index contributed by atoms with van der Waals surface area (Å²) in [5.41, 5.74) is 1.83. The van der Waals surface area contributed by atoms with Crippen LogP contribution in [0.3, 0.4) is 0 Å². The predicted octanol–water partition coefficient (Wildman–Crippen LogP) is 4.63. The summed E-state index contributed by atoms with van der Waals surface area (Å²) >= 11 is 5.21. The van der Waals surface area contributed by atoms with Crippen LogP contribution in [0.15, 0.2) is 48.5 Å². The number of hydrogen-bond donors (Lipinski definition) is 2. The normalized spacial score (nSPS) is 10.6. The lowest BCUT2D eigenvalue weighted by Gasteiger charge is -2.10. The Bertz CT molecular complexity index is 976. The van der Waals surface area contributed by atoms with Gasteiger partial charge in [0, 0.05) is 12.1 Å². The monoisotopic (exact) mass is 382 g/mol. The van der Waals surface area contributed by atoms with Crippen LogP contribution < -0.4 is 10.1 Å². The predicted molar refractivity (Wildman–Crippen MR) is 108 cm³/mol. The van der Waals surface area contributed by atoms with Crippen molar-refractivity contribution in [2.45, 2.75) is 33.2 Å². The molecule has 6 nitrogen and oxygen atoms in total. The number of hydrogen-bond acceptors (Lipinski definition) is 4. The molecule has 2 aromatic carbocycles. The first-order chi connectivity index (χ1) is 13.0. The molecule has 7 heteroatoms. The zero-order valence-electron chi connectivity index (χ0n) is 15.4. The lowest BCUT2D eigenvalue weighted by molar-refractivity contribution is -0.116. The highest BCUT2D eigenvalue weighted by atomic mass is 32.1. The maximum Gasteiger partial charge on any atom is 0.244 e. The van der Waals surface area contributed by atoms with Gasteiger partial charge in [-0.2, -0.15) is 5.10 Å². The molecule has 140 valence electrons. The SMILES string of the molecule is CCCc1n[nH]c(=S)n1CC(=O)Nc1ccc(Oc2cccc(C)c2)cc1. The molecule has 1 amide bonds. The van der Waals surface area contributed by atoms with Crippen LogP contribution in [-0.2, 0) is 17.8 Å². The highest BCUT2D eigenvalue weighted by molar-refractivity contribution is 7.71. The van der Waals surface area contributed by atoms with E-state index in [4.69, 9.17) is 17.0 Å². The molecule has 3 aromatic rings. The van der Waals surface area contributed by atoms with Crippen molar-refractivity contribution in [3.8, 4) is 11.5 Å². The molecule has 0 saturated heterocycles. The molecule has 0 aliphatic rings. The largest absolute Gasteiger partial charge is 0.457 e. The third-order valence-electron chi connectivity index (χ3n) is 3.98. The van der Waals surface area contributed by atoms with Gasteiger partial charge < -0.3 is 10.1 Å². The summed E-state index contributed by atoms with van der Waals surface area (Å²) in [6.07, 6.45) is 1.70. The standard InChI is InChI=1S/C20H22N4O2S/c1-3-5-18-22-23-20(27)24(18)13-19(25)21-15-8-10-16(11-9-15)26-17-7-4-6-14(2)12-17/h4,6-12H,3,5,13H2,1-2H3,(H,21,25)(H,23,27). The van der Waals surface area contributed by atoms with Gasteiger partial charge in [-0.05, 0) is 67.5 Å². The quantitative estimate of drug-likeness (QED) is 0.584. The van der Waals surface area contributed by atoms with Crippen LogP contribution in [0, 0.1) is 11.7 Å². The number of H-pyrrole nitrogens is 1. The first kappa shape index (κ1) is 18.8. The van der Waals surface area contributed by atoms with E-state index in [0.29, 0.717) is 16.2 Å². The zero-order chi connectivity index (χ0) is 19.2. The Labute approximate surface area is 163 Å². The number of nitrogens with one attached hydrogen (secondary N) is 2. The summed E-state index contributed by atoms with van der Waals surface area (Å²) in [5.74, 6) is 2.13. The molecule has 0 spiro atoms. The van der Waals surface area contributed by atoms with E-state index in [9.17, 15) is 4.79 Å². The summed E-state index contributed by atoms with van der Waals surface area (Å²) in [6, 6.07) is 15.1. The number of nitrogens with zero attached hydrogens (tertiary/aromatic N) is 2. The van der Waals surface area contributed by atoms with Crippen molar-refractivity contribution >= 4 is 23.8 Å². The van der Waals surface area contributed by atoms with Gasteiger partial charge >= 0.3 is 0 Å². The molecule has 0 fully saturated rings. The van der Waals surface area contributed by atoms with Gasteiger partial charge in [-0.1, -0.05) is 19.1 Å². The van der Waals surface area contributed by atoms with Crippen molar-refractivity contribution in [3.63, 3.8) is 0 Å². The van der Waals surface area contributed by atoms with Crippen LogP contribution in [-0.4, -0.2) is 20.7 Å². The van der Waals surface area contributed by atoms with Gasteiger partial charge in [-0.3, -0.25) is 14.5 Å². The van der Waals surface area contributed by atoms with Crippen LogP contribution >= 0.6 is 12.2 Å². The van der Waals surface area contributed by atoms with Gasteiger partial charge in [0.05, 0.1) is 0 Å². The number of aromatic amines is 1. The molecule has 0 atom stereocenters. The Morgan fingerprint density at radius 3 is 2.70 bits per heavy atom. The van der Waals surface area contributed by atoms with Gasteiger partial charge in [-0.25, -0.2) is 0 Å². The number of ether oxygens (including phenoxy) is 1. The Hall–Kier alpha value is -2.93. The van der Waals surface area contributed by atoms with E-state index in [1.165, 1.54) is 0 Å². The summed E-state index contributed by atoms with van der Waals surface area (Å²) in [5, 5.41) is 9.79. The van der Waals surface area contributed by atoms with Gasteiger partial charge in [-0.15, -0.1) is 0 Å². The van der Waals surface area contributed by atoms with Gasteiger partial charge in [0.2, 0.25) is 5.91 Å². The highest BCUT2D eigenvalue weighted by Gasteiger charge is 2.10. The van der Waals surface area contributed by atoms with E-state index >= 15 is 0 Å². The average molecular weight is 382 g/mol. The average Bonchev–Trinajstić information content (AvgIpc) is 2.97. The fourth-order valence-corrected chi connectivity index (χ4v) is 2.91. The van der Waals surface area contributed by atoms with Gasteiger partial charge in [0.1, 0.15) is 23.9 Å². The Kier molecular flexibility index (Phi) is 6.03. The van der Waals surface area contributed by atoms with Gasteiger partial charge in [0.25, 0.3) is 0 Å². The molecule has 3 rings (SSSR count). The van der Waals surface area contributed by atoms with Crippen molar-refractivity contribution in [1.82, 2.24) is 14.8 Å². The van der Waals surface area contributed by atoms with E-state index in [-0.39, 0.29) is 12.5 Å². The molecule has 0 bridgehead atoms. The summed E-state index contributed by atoms with van der Waals surface area (Å²) in [6.45, 7) is 4.21. The molecule has 0 unspecified atom stereocenters. The van der Waals surface area contributed by atoms with Gasteiger partial charge in [0.15, 0.2) is 4.77 Å². The highest BCUT2D eigenvalue weighted by Crippen LogP contribution is 2.23. The molecule has 0 aliphatic heterocycles. The van der Waals surface area contributed by atoms with Crippen molar-refractivity contribution in [3.05, 3.63) is 64.7 Å². The second-order valence-corrected chi connectivity index (χ2v) is 6.66. The third kappa shape index (κ3) is 5.04. The number of rotatable bonds is 7. The number of amides is 1. The molecule has 1 aromatic heterocycles. The number of benzene rings is 2. The Morgan fingerprint density at radius 1 is 1.22 bits per heavy atom. The summed E-state index contributed by atoms with van der Waals surface area (Å²) < 4.78 is 8.00. The lowest BCUT2D eigenvalue weighted by Crippen LogP contribution is -2.20. The fraction of sp³-hybridized carbons (Fsp3) is 0.250. The first-order valence-corrected chi connectivity index (χ1v) is 9.24. The second-order valence-electron chi connectivity index (χ2n) is 6.27. The Balaban J connectivity index is 1.62. The number of carbonyl (C=O) groups is 1. The van der Waals surface area contributed by atoms with E-state index in [1.54, 1.807) is 4.57 Å². The minimum absolute atomic E-state index is 0.131. The molecule has 1 heterocycles. The lowest BCUT2D eigenvalue weighted by atomic mass is 10.2. The molecule has 27 heavy (non-hydrogen) atoms. The topological polar surface area (TPSA) is 71.9 Å². The minimum Gasteiger partial charge on any atom is -0.457 e. The third-order valence-corrected chi connectivity index (χ3v) is 4.29. The smallest absolute Gasteiger partial charge is 0.244 e. The number of aryl methyl sites for hydroxylation is 2. The van der Waals surface area contributed by atoms with E-state index in [2.05, 4.69) is 22.4 Å². The maximum absolute atomic E-state index is 12.4. The van der Waals surface area contributed by atoms with E-state index in [0.717, 1.165) is 30.0 Å². The molecule has 0 aliphatic carbocycles. The zero-order valence-corrected chi connectivity index (χ0v) is 16.2.